The molecule has 18 heavy (non-hydrogen) atoms. The number of ether oxygens (including phenoxy) is 1. The Bertz CT molecular complexity index is 535. The maximum atomic E-state index is 12.8. The van der Waals surface area contributed by atoms with E-state index in [9.17, 15) is 9.18 Å². The number of benzene rings is 1. The highest BCUT2D eigenvalue weighted by atomic mass is 19.1. The second-order valence-electron chi connectivity index (χ2n) is 3.66. The van der Waals surface area contributed by atoms with Crippen LogP contribution in [0.2, 0.25) is 0 Å². The predicted molar refractivity (Wildman–Crippen MR) is 65.6 cm³/mol. The standard InChI is InChI=1S/C14H12FNO2/c1-2-18-14(17)11-5-8-13(16-9-11)10-3-6-12(15)7-4-10/h3-9H,2H2,1H3. The van der Waals surface area contributed by atoms with Crippen molar-refractivity contribution in [2.75, 3.05) is 6.61 Å². The first-order valence-electron chi connectivity index (χ1n) is 5.60. The van der Waals surface area contributed by atoms with E-state index in [1.807, 2.05) is 0 Å². The molecule has 0 fully saturated rings. The van der Waals surface area contributed by atoms with Crippen LogP contribution in [0.25, 0.3) is 11.3 Å². The molecule has 1 heterocycles. The van der Waals surface area contributed by atoms with Crippen LogP contribution in [0.5, 0.6) is 0 Å². The Kier molecular flexibility index (Phi) is 3.67. The zero-order valence-corrected chi connectivity index (χ0v) is 9.89. The van der Waals surface area contributed by atoms with Crippen LogP contribution in [-0.4, -0.2) is 17.6 Å². The van der Waals surface area contributed by atoms with Crippen molar-refractivity contribution in [3.8, 4) is 11.3 Å². The average Bonchev–Trinajstić information content (AvgIpc) is 2.40. The molecule has 0 spiro atoms. The monoisotopic (exact) mass is 245 g/mol. The van der Waals surface area contributed by atoms with Gasteiger partial charge >= 0.3 is 5.97 Å². The molecule has 2 aromatic rings. The van der Waals surface area contributed by atoms with Gasteiger partial charge in [0.2, 0.25) is 0 Å². The van der Waals surface area contributed by atoms with Gasteiger partial charge in [-0.25, -0.2) is 9.18 Å². The fourth-order valence-corrected chi connectivity index (χ4v) is 1.52. The van der Waals surface area contributed by atoms with E-state index in [0.29, 0.717) is 17.9 Å². The van der Waals surface area contributed by atoms with Crippen LogP contribution in [0.4, 0.5) is 4.39 Å². The molecule has 0 saturated carbocycles. The number of hydrogen-bond acceptors (Lipinski definition) is 3. The molecule has 0 amide bonds. The van der Waals surface area contributed by atoms with Gasteiger partial charge in [-0.2, -0.15) is 0 Å². The lowest BCUT2D eigenvalue weighted by atomic mass is 10.1. The number of hydrogen-bond donors (Lipinski definition) is 0. The van der Waals surface area contributed by atoms with Crippen molar-refractivity contribution in [2.24, 2.45) is 0 Å². The van der Waals surface area contributed by atoms with E-state index < -0.39 is 5.97 Å². The molecule has 3 nitrogen and oxygen atoms in total. The molecule has 1 aromatic heterocycles. The number of halogens is 1. The molecule has 0 saturated heterocycles. The predicted octanol–water partition coefficient (Wildman–Crippen LogP) is 3.06. The van der Waals surface area contributed by atoms with Crippen molar-refractivity contribution in [1.29, 1.82) is 0 Å². The van der Waals surface area contributed by atoms with Gasteiger partial charge in [-0.15, -0.1) is 0 Å². The van der Waals surface area contributed by atoms with Crippen molar-refractivity contribution in [1.82, 2.24) is 4.98 Å². The Balaban J connectivity index is 2.22. The van der Waals surface area contributed by atoms with Crippen LogP contribution in [0.15, 0.2) is 42.6 Å². The maximum absolute atomic E-state index is 12.8. The molecule has 92 valence electrons. The summed E-state index contributed by atoms with van der Waals surface area (Å²) in [6.07, 6.45) is 1.46. The van der Waals surface area contributed by atoms with E-state index in [0.717, 1.165) is 5.56 Å². The molecule has 0 radical (unpaired) electrons. The number of carbonyl (C=O) groups is 1. The minimum atomic E-state index is -0.393. The molecule has 0 unspecified atom stereocenters. The minimum Gasteiger partial charge on any atom is -0.462 e. The number of nitrogens with zero attached hydrogens (tertiary/aromatic N) is 1. The van der Waals surface area contributed by atoms with E-state index in [4.69, 9.17) is 4.74 Å². The molecule has 2 rings (SSSR count). The zero-order chi connectivity index (χ0) is 13.0. The van der Waals surface area contributed by atoms with E-state index >= 15 is 0 Å². The third kappa shape index (κ3) is 2.71. The topological polar surface area (TPSA) is 39.2 Å². The Morgan fingerprint density at radius 1 is 1.22 bits per heavy atom. The third-order valence-corrected chi connectivity index (χ3v) is 2.41. The van der Waals surface area contributed by atoms with Crippen LogP contribution in [0.3, 0.4) is 0 Å². The highest BCUT2D eigenvalue weighted by molar-refractivity contribution is 5.89. The summed E-state index contributed by atoms with van der Waals surface area (Å²) in [5.74, 6) is -0.683. The summed E-state index contributed by atoms with van der Waals surface area (Å²) in [6.45, 7) is 2.08. The molecule has 0 N–H and O–H groups in total. The van der Waals surface area contributed by atoms with Crippen molar-refractivity contribution < 1.29 is 13.9 Å². The first-order chi connectivity index (χ1) is 8.70. The minimum absolute atomic E-state index is 0.290. The van der Waals surface area contributed by atoms with E-state index in [-0.39, 0.29) is 5.82 Å². The zero-order valence-electron chi connectivity index (χ0n) is 9.89. The van der Waals surface area contributed by atoms with Crippen molar-refractivity contribution in [2.45, 2.75) is 6.92 Å². The van der Waals surface area contributed by atoms with Gasteiger partial charge in [0.1, 0.15) is 5.82 Å². The van der Waals surface area contributed by atoms with Crippen LogP contribution in [-0.2, 0) is 4.74 Å². The summed E-state index contributed by atoms with van der Waals surface area (Å²) in [6, 6.07) is 9.37. The first kappa shape index (κ1) is 12.2. The lowest BCUT2D eigenvalue weighted by Gasteiger charge is -2.03. The summed E-state index contributed by atoms with van der Waals surface area (Å²) in [7, 11) is 0. The molecule has 0 aliphatic rings. The molecule has 4 heteroatoms. The van der Waals surface area contributed by atoms with Gasteiger partial charge in [0, 0.05) is 11.8 Å². The van der Waals surface area contributed by atoms with E-state index in [1.165, 1.54) is 18.3 Å². The fraction of sp³-hybridized carbons (Fsp3) is 0.143. The van der Waals surface area contributed by atoms with Crippen LogP contribution < -0.4 is 0 Å². The van der Waals surface area contributed by atoms with Gasteiger partial charge in [0.25, 0.3) is 0 Å². The Hall–Kier alpha value is -2.23. The summed E-state index contributed by atoms with van der Waals surface area (Å²) < 4.78 is 17.6. The van der Waals surface area contributed by atoms with Crippen molar-refractivity contribution in [3.05, 3.63) is 54.0 Å². The first-order valence-corrected chi connectivity index (χ1v) is 5.60. The number of rotatable bonds is 3. The molecular weight excluding hydrogens is 233 g/mol. The van der Waals surface area contributed by atoms with Gasteiger partial charge in [-0.1, -0.05) is 0 Å². The maximum Gasteiger partial charge on any atom is 0.339 e. The van der Waals surface area contributed by atoms with Crippen LogP contribution >= 0.6 is 0 Å². The molecule has 0 aliphatic carbocycles. The second kappa shape index (κ2) is 5.40. The Labute approximate surface area is 104 Å². The van der Waals surface area contributed by atoms with Gasteiger partial charge in [0.05, 0.1) is 17.9 Å². The molecule has 0 bridgehead atoms. The largest absolute Gasteiger partial charge is 0.462 e. The van der Waals surface area contributed by atoms with Gasteiger partial charge in [0.15, 0.2) is 0 Å². The highest BCUT2D eigenvalue weighted by Gasteiger charge is 2.07. The smallest absolute Gasteiger partial charge is 0.339 e. The molecule has 0 atom stereocenters. The molecule has 0 aliphatic heterocycles. The van der Waals surface area contributed by atoms with Gasteiger partial charge in [-0.3, -0.25) is 4.98 Å². The van der Waals surface area contributed by atoms with E-state index in [1.54, 1.807) is 31.2 Å². The number of aromatic nitrogens is 1. The van der Waals surface area contributed by atoms with Crippen LogP contribution in [0, 0.1) is 5.82 Å². The Morgan fingerprint density at radius 3 is 2.50 bits per heavy atom. The quantitative estimate of drug-likeness (QED) is 0.780. The van der Waals surface area contributed by atoms with Gasteiger partial charge in [-0.05, 0) is 43.3 Å². The normalized spacial score (nSPS) is 10.1. The third-order valence-electron chi connectivity index (χ3n) is 2.41. The summed E-state index contributed by atoms with van der Waals surface area (Å²) >= 11 is 0. The molecule has 1 aromatic carbocycles. The molecular formula is C14H12FNO2. The summed E-state index contributed by atoms with van der Waals surface area (Å²) in [5.41, 5.74) is 1.89. The lowest BCUT2D eigenvalue weighted by molar-refractivity contribution is 0.0526. The highest BCUT2D eigenvalue weighted by Crippen LogP contribution is 2.17. The van der Waals surface area contributed by atoms with Crippen LogP contribution in [0.1, 0.15) is 17.3 Å². The number of pyridine rings is 1. The Morgan fingerprint density at radius 2 is 1.94 bits per heavy atom. The van der Waals surface area contributed by atoms with Crippen molar-refractivity contribution >= 4 is 5.97 Å². The second-order valence-corrected chi connectivity index (χ2v) is 3.66. The number of esters is 1. The van der Waals surface area contributed by atoms with Crippen molar-refractivity contribution in [3.63, 3.8) is 0 Å². The fourth-order valence-electron chi connectivity index (χ4n) is 1.52. The summed E-state index contributed by atoms with van der Waals surface area (Å²) in [5, 5.41) is 0. The SMILES string of the molecule is CCOC(=O)c1ccc(-c2ccc(F)cc2)nc1. The number of carbonyl (C=O) groups excluding carboxylic acids is 1. The average molecular weight is 245 g/mol. The van der Waals surface area contributed by atoms with Gasteiger partial charge < -0.3 is 4.74 Å². The lowest BCUT2D eigenvalue weighted by Crippen LogP contribution is -2.04. The summed E-state index contributed by atoms with van der Waals surface area (Å²) in [4.78, 5) is 15.6. The van der Waals surface area contributed by atoms with E-state index in [2.05, 4.69) is 4.98 Å².